The van der Waals surface area contributed by atoms with Crippen LogP contribution in [-0.4, -0.2) is 59.6 Å². The van der Waals surface area contributed by atoms with Crippen molar-refractivity contribution in [1.82, 2.24) is 9.80 Å². The van der Waals surface area contributed by atoms with Gasteiger partial charge in [0, 0.05) is 20.1 Å². The third-order valence-electron chi connectivity index (χ3n) is 2.32. The van der Waals surface area contributed by atoms with Gasteiger partial charge in [-0.3, -0.25) is 9.69 Å². The van der Waals surface area contributed by atoms with Crippen LogP contribution >= 0.6 is 0 Å². The molecular weight excluding hydrogens is 192 g/mol. The fraction of sp³-hybridized carbons (Fsp3) is 0.909. The molecule has 0 rings (SSSR count). The number of hydrogen-bond donors (Lipinski definition) is 1. The first-order chi connectivity index (χ1) is 6.80. The molecule has 4 nitrogen and oxygen atoms in total. The zero-order valence-corrected chi connectivity index (χ0v) is 10.6. The highest BCUT2D eigenvalue weighted by Crippen LogP contribution is 2.04. The Kier molecular flexibility index (Phi) is 5.83. The average molecular weight is 216 g/mol. The summed E-state index contributed by atoms with van der Waals surface area (Å²) < 4.78 is 0. The van der Waals surface area contributed by atoms with E-state index < -0.39 is 5.60 Å². The molecule has 0 aromatic rings. The minimum absolute atomic E-state index is 0.101. The molecule has 0 saturated carbocycles. The van der Waals surface area contributed by atoms with Gasteiger partial charge >= 0.3 is 0 Å². The zero-order valence-electron chi connectivity index (χ0n) is 10.6. The maximum Gasteiger partial charge on any atom is 0.236 e. The van der Waals surface area contributed by atoms with Gasteiger partial charge in [-0.15, -0.1) is 0 Å². The predicted molar refractivity (Wildman–Crippen MR) is 61.7 cm³/mol. The zero-order chi connectivity index (χ0) is 12.1. The Morgan fingerprint density at radius 1 is 1.27 bits per heavy atom. The number of carbonyl (C=O) groups is 1. The SMILES string of the molecule is CCN(CC(=O)N(C)CC)CC(C)(C)O. The summed E-state index contributed by atoms with van der Waals surface area (Å²) in [6.45, 7) is 9.84. The van der Waals surface area contributed by atoms with Gasteiger partial charge in [0.25, 0.3) is 0 Å². The van der Waals surface area contributed by atoms with Crippen LogP contribution in [0.2, 0.25) is 0 Å². The maximum atomic E-state index is 11.6. The molecule has 0 unspecified atom stereocenters. The van der Waals surface area contributed by atoms with Gasteiger partial charge in [-0.2, -0.15) is 0 Å². The van der Waals surface area contributed by atoms with Gasteiger partial charge in [0.1, 0.15) is 0 Å². The molecule has 90 valence electrons. The highest BCUT2D eigenvalue weighted by Gasteiger charge is 2.19. The summed E-state index contributed by atoms with van der Waals surface area (Å²) >= 11 is 0. The molecule has 0 aromatic heterocycles. The summed E-state index contributed by atoms with van der Waals surface area (Å²) in [4.78, 5) is 15.3. The first-order valence-electron chi connectivity index (χ1n) is 5.48. The minimum Gasteiger partial charge on any atom is -0.389 e. The van der Waals surface area contributed by atoms with Crippen molar-refractivity contribution < 1.29 is 9.90 Å². The van der Waals surface area contributed by atoms with Gasteiger partial charge in [-0.05, 0) is 27.3 Å². The number of likely N-dealkylation sites (N-methyl/N-ethyl adjacent to an activating group) is 2. The van der Waals surface area contributed by atoms with Crippen molar-refractivity contribution in [2.24, 2.45) is 0 Å². The standard InChI is InChI=1S/C11H24N2O2/c1-6-12(5)10(14)8-13(7-2)9-11(3,4)15/h15H,6-9H2,1-5H3. The van der Waals surface area contributed by atoms with Crippen molar-refractivity contribution in [2.75, 3.05) is 33.2 Å². The first-order valence-corrected chi connectivity index (χ1v) is 5.48. The summed E-state index contributed by atoms with van der Waals surface area (Å²) in [6.07, 6.45) is 0. The van der Waals surface area contributed by atoms with Crippen LogP contribution in [0.1, 0.15) is 27.7 Å². The summed E-state index contributed by atoms with van der Waals surface area (Å²) in [7, 11) is 1.79. The number of carbonyl (C=O) groups excluding carboxylic acids is 1. The number of nitrogens with zero attached hydrogens (tertiary/aromatic N) is 2. The number of hydrogen-bond acceptors (Lipinski definition) is 3. The lowest BCUT2D eigenvalue weighted by Gasteiger charge is -2.28. The molecule has 0 fully saturated rings. The topological polar surface area (TPSA) is 43.8 Å². The van der Waals surface area contributed by atoms with E-state index in [1.54, 1.807) is 25.8 Å². The van der Waals surface area contributed by atoms with E-state index in [0.29, 0.717) is 13.1 Å². The van der Waals surface area contributed by atoms with E-state index in [1.807, 2.05) is 18.7 Å². The minimum atomic E-state index is -0.749. The highest BCUT2D eigenvalue weighted by molar-refractivity contribution is 5.77. The van der Waals surface area contributed by atoms with Crippen molar-refractivity contribution in [3.63, 3.8) is 0 Å². The van der Waals surface area contributed by atoms with Gasteiger partial charge in [0.2, 0.25) is 5.91 Å². The van der Waals surface area contributed by atoms with E-state index in [9.17, 15) is 9.90 Å². The van der Waals surface area contributed by atoms with Crippen molar-refractivity contribution in [3.8, 4) is 0 Å². The van der Waals surface area contributed by atoms with Crippen LogP contribution in [-0.2, 0) is 4.79 Å². The molecule has 0 radical (unpaired) electrons. The summed E-state index contributed by atoms with van der Waals surface area (Å²) in [5.74, 6) is 0.101. The normalized spacial score (nSPS) is 11.9. The van der Waals surface area contributed by atoms with Crippen molar-refractivity contribution in [2.45, 2.75) is 33.3 Å². The number of rotatable bonds is 6. The first kappa shape index (κ1) is 14.4. The Hall–Kier alpha value is -0.610. The molecular formula is C11H24N2O2. The van der Waals surface area contributed by atoms with E-state index in [4.69, 9.17) is 0 Å². The molecule has 0 aromatic carbocycles. The average Bonchev–Trinajstić information content (AvgIpc) is 2.13. The second kappa shape index (κ2) is 6.08. The highest BCUT2D eigenvalue weighted by atomic mass is 16.3. The lowest BCUT2D eigenvalue weighted by Crippen LogP contribution is -2.44. The fourth-order valence-electron chi connectivity index (χ4n) is 1.32. The van der Waals surface area contributed by atoms with E-state index in [-0.39, 0.29) is 5.91 Å². The van der Waals surface area contributed by atoms with Crippen LogP contribution in [0.15, 0.2) is 0 Å². The molecule has 15 heavy (non-hydrogen) atoms. The number of amides is 1. The fourth-order valence-corrected chi connectivity index (χ4v) is 1.32. The predicted octanol–water partition coefficient (Wildman–Crippen LogP) is 0.557. The molecule has 1 N–H and O–H groups in total. The van der Waals surface area contributed by atoms with Gasteiger partial charge in [-0.25, -0.2) is 0 Å². The van der Waals surface area contributed by atoms with Crippen molar-refractivity contribution >= 4 is 5.91 Å². The van der Waals surface area contributed by atoms with Crippen molar-refractivity contribution in [3.05, 3.63) is 0 Å². The van der Waals surface area contributed by atoms with Gasteiger partial charge in [0.05, 0.1) is 12.1 Å². The van der Waals surface area contributed by atoms with Gasteiger partial charge < -0.3 is 10.0 Å². The van der Waals surface area contributed by atoms with E-state index in [2.05, 4.69) is 0 Å². The second-order valence-corrected chi connectivity index (χ2v) is 4.52. The Balaban J connectivity index is 4.16. The summed E-state index contributed by atoms with van der Waals surface area (Å²) in [6, 6.07) is 0. The molecule has 0 bridgehead atoms. The van der Waals surface area contributed by atoms with Crippen LogP contribution < -0.4 is 0 Å². The maximum absolute atomic E-state index is 11.6. The molecule has 0 aliphatic heterocycles. The van der Waals surface area contributed by atoms with Gasteiger partial charge in [-0.1, -0.05) is 6.92 Å². The summed E-state index contributed by atoms with van der Waals surface area (Å²) in [5.41, 5.74) is -0.749. The van der Waals surface area contributed by atoms with Crippen LogP contribution in [0.4, 0.5) is 0 Å². The Morgan fingerprint density at radius 2 is 1.80 bits per heavy atom. The Bertz CT molecular complexity index is 199. The second-order valence-electron chi connectivity index (χ2n) is 4.52. The lowest BCUT2D eigenvalue weighted by molar-refractivity contribution is -0.131. The van der Waals surface area contributed by atoms with Gasteiger partial charge in [0.15, 0.2) is 0 Å². The Morgan fingerprint density at radius 3 is 2.13 bits per heavy atom. The van der Waals surface area contributed by atoms with Crippen LogP contribution in [0.25, 0.3) is 0 Å². The molecule has 0 saturated heterocycles. The monoisotopic (exact) mass is 216 g/mol. The molecule has 0 aliphatic rings. The third kappa shape index (κ3) is 6.47. The quantitative estimate of drug-likeness (QED) is 0.705. The third-order valence-corrected chi connectivity index (χ3v) is 2.32. The van der Waals surface area contributed by atoms with E-state index >= 15 is 0 Å². The molecule has 0 spiro atoms. The van der Waals surface area contributed by atoms with E-state index in [0.717, 1.165) is 13.1 Å². The molecule has 1 amide bonds. The Labute approximate surface area is 92.9 Å². The smallest absolute Gasteiger partial charge is 0.236 e. The van der Waals surface area contributed by atoms with Crippen LogP contribution in [0, 0.1) is 0 Å². The van der Waals surface area contributed by atoms with Crippen LogP contribution in [0.5, 0.6) is 0 Å². The van der Waals surface area contributed by atoms with E-state index in [1.165, 1.54) is 0 Å². The molecule has 0 heterocycles. The van der Waals surface area contributed by atoms with Crippen molar-refractivity contribution in [1.29, 1.82) is 0 Å². The molecule has 0 aliphatic carbocycles. The van der Waals surface area contributed by atoms with Crippen LogP contribution in [0.3, 0.4) is 0 Å². The lowest BCUT2D eigenvalue weighted by atomic mass is 10.1. The molecule has 0 atom stereocenters. The molecule has 4 heteroatoms. The summed E-state index contributed by atoms with van der Waals surface area (Å²) in [5, 5.41) is 9.66. The largest absolute Gasteiger partial charge is 0.389 e. The number of aliphatic hydroxyl groups is 1.